The highest BCUT2D eigenvalue weighted by molar-refractivity contribution is 5.43. The number of hydrogen-bond donors (Lipinski definition) is 1. The minimum atomic E-state index is 0.573. The maximum absolute atomic E-state index is 4.44. The van der Waals surface area contributed by atoms with Gasteiger partial charge in [0.1, 0.15) is 5.82 Å². The normalized spacial score (nSPS) is 13.1. The first kappa shape index (κ1) is 15.0. The van der Waals surface area contributed by atoms with E-state index in [2.05, 4.69) is 56.0 Å². The predicted molar refractivity (Wildman–Crippen MR) is 78.8 cm³/mol. The van der Waals surface area contributed by atoms with Crippen molar-refractivity contribution in [1.82, 2.24) is 9.88 Å². The molecule has 0 amide bonds. The van der Waals surface area contributed by atoms with Crippen LogP contribution in [-0.2, 0) is 6.54 Å². The van der Waals surface area contributed by atoms with E-state index < -0.39 is 0 Å². The molecule has 3 heteroatoms. The molecule has 0 aliphatic heterocycles. The molecule has 0 aliphatic rings. The fourth-order valence-corrected chi connectivity index (χ4v) is 1.89. The molecule has 102 valence electrons. The number of nitrogens with zero attached hydrogens (tertiary/aromatic N) is 2. The summed E-state index contributed by atoms with van der Waals surface area (Å²) < 4.78 is 0. The molecule has 0 radical (unpaired) electrons. The van der Waals surface area contributed by atoms with Gasteiger partial charge in [0.05, 0.1) is 0 Å². The number of pyridine rings is 1. The van der Waals surface area contributed by atoms with Crippen LogP contribution in [0.3, 0.4) is 0 Å². The second-order valence-corrected chi connectivity index (χ2v) is 5.34. The fourth-order valence-electron chi connectivity index (χ4n) is 1.89. The molecule has 1 unspecified atom stereocenters. The number of rotatable bonds is 7. The van der Waals surface area contributed by atoms with E-state index in [0.29, 0.717) is 12.0 Å². The first-order chi connectivity index (χ1) is 8.56. The van der Waals surface area contributed by atoms with Gasteiger partial charge in [-0.05, 0) is 32.4 Å². The van der Waals surface area contributed by atoms with E-state index in [9.17, 15) is 0 Å². The molecule has 0 saturated carbocycles. The molecule has 18 heavy (non-hydrogen) atoms. The SMILES string of the molecule is CCCNc1ncccc1CN(C)C(C)C(C)C. The van der Waals surface area contributed by atoms with Gasteiger partial charge in [0.15, 0.2) is 0 Å². The van der Waals surface area contributed by atoms with Crippen molar-refractivity contribution in [2.45, 2.75) is 46.7 Å². The molecule has 1 N–H and O–H groups in total. The van der Waals surface area contributed by atoms with Gasteiger partial charge in [-0.2, -0.15) is 0 Å². The molecule has 0 aromatic carbocycles. The summed E-state index contributed by atoms with van der Waals surface area (Å²) in [6.07, 6.45) is 2.97. The van der Waals surface area contributed by atoms with Crippen molar-refractivity contribution < 1.29 is 0 Å². The molecule has 3 nitrogen and oxygen atoms in total. The average Bonchev–Trinajstić information content (AvgIpc) is 2.36. The summed E-state index contributed by atoms with van der Waals surface area (Å²) in [5, 5.41) is 3.40. The first-order valence-electron chi connectivity index (χ1n) is 6.94. The van der Waals surface area contributed by atoms with E-state index in [4.69, 9.17) is 0 Å². The third-order valence-corrected chi connectivity index (χ3v) is 3.51. The van der Waals surface area contributed by atoms with E-state index in [1.807, 2.05) is 12.3 Å². The van der Waals surface area contributed by atoms with E-state index in [1.54, 1.807) is 0 Å². The third-order valence-electron chi connectivity index (χ3n) is 3.51. The predicted octanol–water partition coefficient (Wildman–Crippen LogP) is 3.38. The Morgan fingerprint density at radius 1 is 1.33 bits per heavy atom. The lowest BCUT2D eigenvalue weighted by atomic mass is 10.0. The van der Waals surface area contributed by atoms with Gasteiger partial charge in [0.25, 0.3) is 0 Å². The summed E-state index contributed by atoms with van der Waals surface area (Å²) in [4.78, 5) is 6.82. The van der Waals surface area contributed by atoms with Crippen molar-refractivity contribution in [3.05, 3.63) is 23.9 Å². The highest BCUT2D eigenvalue weighted by Crippen LogP contribution is 2.17. The van der Waals surface area contributed by atoms with Crippen LogP contribution in [0.1, 0.15) is 39.7 Å². The summed E-state index contributed by atoms with van der Waals surface area (Å²) in [7, 11) is 2.18. The van der Waals surface area contributed by atoms with Crippen LogP contribution < -0.4 is 5.32 Å². The minimum absolute atomic E-state index is 0.573. The van der Waals surface area contributed by atoms with Crippen LogP contribution in [-0.4, -0.2) is 29.5 Å². The van der Waals surface area contributed by atoms with Gasteiger partial charge in [-0.3, -0.25) is 4.90 Å². The Morgan fingerprint density at radius 3 is 2.67 bits per heavy atom. The standard InChI is InChI=1S/C15H27N3/c1-6-9-16-15-14(8-7-10-17-15)11-18(5)13(4)12(2)3/h7-8,10,12-13H,6,9,11H2,1-5H3,(H,16,17). The van der Waals surface area contributed by atoms with Gasteiger partial charge in [-0.15, -0.1) is 0 Å². The Labute approximate surface area is 112 Å². The Kier molecular flexibility index (Phi) is 6.13. The van der Waals surface area contributed by atoms with Gasteiger partial charge in [-0.25, -0.2) is 4.98 Å². The van der Waals surface area contributed by atoms with Gasteiger partial charge < -0.3 is 5.32 Å². The van der Waals surface area contributed by atoms with Gasteiger partial charge >= 0.3 is 0 Å². The molecule has 0 spiro atoms. The quantitative estimate of drug-likeness (QED) is 0.803. The lowest BCUT2D eigenvalue weighted by Gasteiger charge is -2.28. The topological polar surface area (TPSA) is 28.2 Å². The van der Waals surface area contributed by atoms with Gasteiger partial charge in [0, 0.05) is 30.9 Å². The summed E-state index contributed by atoms with van der Waals surface area (Å²) >= 11 is 0. The van der Waals surface area contributed by atoms with Crippen molar-refractivity contribution in [2.75, 3.05) is 18.9 Å². The largest absolute Gasteiger partial charge is 0.370 e. The van der Waals surface area contributed by atoms with Crippen LogP contribution in [0.25, 0.3) is 0 Å². The smallest absolute Gasteiger partial charge is 0.130 e. The molecule has 1 heterocycles. The Hall–Kier alpha value is -1.09. The molecule has 1 rings (SSSR count). The molecule has 1 aromatic heterocycles. The number of hydrogen-bond acceptors (Lipinski definition) is 3. The number of nitrogens with one attached hydrogen (secondary N) is 1. The number of anilines is 1. The first-order valence-corrected chi connectivity index (χ1v) is 6.94. The fraction of sp³-hybridized carbons (Fsp3) is 0.667. The molecule has 1 atom stereocenters. The minimum Gasteiger partial charge on any atom is -0.370 e. The molecule has 0 fully saturated rings. The Balaban J connectivity index is 2.71. The maximum Gasteiger partial charge on any atom is 0.130 e. The highest BCUT2D eigenvalue weighted by atomic mass is 15.1. The van der Waals surface area contributed by atoms with E-state index >= 15 is 0 Å². The molecule has 0 saturated heterocycles. The van der Waals surface area contributed by atoms with Crippen molar-refractivity contribution in [1.29, 1.82) is 0 Å². The highest BCUT2D eigenvalue weighted by Gasteiger charge is 2.14. The summed E-state index contributed by atoms with van der Waals surface area (Å²) in [5.41, 5.74) is 1.28. The molecular weight excluding hydrogens is 222 g/mol. The summed E-state index contributed by atoms with van der Waals surface area (Å²) in [6.45, 7) is 10.9. The second-order valence-electron chi connectivity index (χ2n) is 5.34. The lowest BCUT2D eigenvalue weighted by molar-refractivity contribution is 0.200. The average molecular weight is 249 g/mol. The van der Waals surface area contributed by atoms with E-state index in [-0.39, 0.29) is 0 Å². The zero-order valence-corrected chi connectivity index (χ0v) is 12.4. The van der Waals surface area contributed by atoms with Crippen LogP contribution in [0.15, 0.2) is 18.3 Å². The van der Waals surface area contributed by atoms with Crippen LogP contribution in [0, 0.1) is 5.92 Å². The van der Waals surface area contributed by atoms with Crippen molar-refractivity contribution in [3.63, 3.8) is 0 Å². The Bertz CT molecular complexity index is 349. The molecule has 0 aliphatic carbocycles. The third kappa shape index (κ3) is 4.30. The van der Waals surface area contributed by atoms with Crippen LogP contribution in [0.4, 0.5) is 5.82 Å². The van der Waals surface area contributed by atoms with Crippen LogP contribution in [0.2, 0.25) is 0 Å². The van der Waals surface area contributed by atoms with Crippen molar-refractivity contribution in [3.8, 4) is 0 Å². The van der Waals surface area contributed by atoms with Crippen molar-refractivity contribution >= 4 is 5.82 Å². The summed E-state index contributed by atoms with van der Waals surface area (Å²) in [6, 6.07) is 4.75. The zero-order chi connectivity index (χ0) is 13.5. The summed E-state index contributed by atoms with van der Waals surface area (Å²) in [5.74, 6) is 1.70. The van der Waals surface area contributed by atoms with E-state index in [0.717, 1.165) is 25.3 Å². The van der Waals surface area contributed by atoms with E-state index in [1.165, 1.54) is 5.56 Å². The van der Waals surface area contributed by atoms with Crippen molar-refractivity contribution in [2.24, 2.45) is 5.92 Å². The van der Waals surface area contributed by atoms with Crippen LogP contribution in [0.5, 0.6) is 0 Å². The zero-order valence-electron chi connectivity index (χ0n) is 12.4. The molecule has 1 aromatic rings. The van der Waals surface area contributed by atoms with Gasteiger partial charge in [0.2, 0.25) is 0 Å². The Morgan fingerprint density at radius 2 is 2.06 bits per heavy atom. The lowest BCUT2D eigenvalue weighted by Crippen LogP contribution is -2.33. The molecule has 0 bridgehead atoms. The van der Waals surface area contributed by atoms with Crippen LogP contribution >= 0.6 is 0 Å². The van der Waals surface area contributed by atoms with Gasteiger partial charge in [-0.1, -0.05) is 26.8 Å². The maximum atomic E-state index is 4.44. The monoisotopic (exact) mass is 249 g/mol. The number of aromatic nitrogens is 1. The molecular formula is C15H27N3. The second kappa shape index (κ2) is 7.37.